The summed E-state index contributed by atoms with van der Waals surface area (Å²) in [4.78, 5) is 0. The summed E-state index contributed by atoms with van der Waals surface area (Å²) in [6.45, 7) is -0.684. The average molecular weight is 1210 g/mol. The molecule has 21 saturated heterocycles. The summed E-state index contributed by atoms with van der Waals surface area (Å²) in [7, 11) is 0. The lowest BCUT2D eigenvalue weighted by Crippen LogP contribution is -2.68. The fourth-order valence-corrected chi connectivity index (χ4v) is 10.4. The molecule has 0 aromatic heterocycles. The van der Waals surface area contributed by atoms with Crippen LogP contribution in [0.4, 0.5) is 0 Å². The van der Waals surface area contributed by atoms with E-state index in [-0.39, 0.29) is 0 Å². The lowest BCUT2D eigenvalue weighted by molar-refractivity contribution is -0.396. The van der Waals surface area contributed by atoms with E-state index in [1.165, 1.54) is 6.42 Å². The third-order valence-corrected chi connectivity index (χ3v) is 15.6. The Bertz CT molecular complexity index is 1540. The summed E-state index contributed by atoms with van der Waals surface area (Å²) in [5.74, 6) is 0.884. The molecule has 21 rings (SSSR count). The molecule has 82 heavy (non-hydrogen) atoms. The van der Waals surface area contributed by atoms with Gasteiger partial charge in [-0.15, -0.1) is 0 Å². The van der Waals surface area contributed by atoms with Crippen molar-refractivity contribution in [3.8, 4) is 0 Å². The monoisotopic (exact) mass is 1210 g/mol. The Morgan fingerprint density at radius 2 is 0.329 bits per heavy atom. The average Bonchev–Trinajstić information content (AvgIpc) is 3.30. The van der Waals surface area contributed by atoms with Gasteiger partial charge in [-0.3, -0.25) is 0 Å². The summed E-state index contributed by atoms with van der Waals surface area (Å²) in [5.41, 5.74) is 0. The standard InChI is InChI=1S/C42H70O35.C5H12/c43-1-8-29-15(50)22(57)36(64-8)72-30-9(2-44)66-38(24(59)17(30)52)74-32-11(4-46)68-40(26(61)19(32)54)76-34-13(6-48)70-42(28(63)21(34)56)77-35-14(7-49)69-41(27(62)20(35)55)75-33-12(5-47)67-39(25(60)18(33)53)73-31-10(3-45)65-37(71-29)23(58)16(31)51;1-4-5(2)3/h8-63H,1-7H2;5H,4H2,1-3H3/t8-,9-,10-,11-,12-,13-,14-,15-,16-,17-,18-,19-,20-,21-,22-,23-,24-,25-,26-,27-,28-,29-,30-,31-,32-,33-,34-,35-,36-,37-,38-,39-,40-,41-,42-;/m1./s1. The Hall–Kier alpha value is -1.40. The smallest absolute Gasteiger partial charge is 0.187 e. The number of aliphatic hydroxyl groups is 21. The van der Waals surface area contributed by atoms with Crippen molar-refractivity contribution in [2.24, 2.45) is 5.92 Å². The molecule has 21 fully saturated rings. The van der Waals surface area contributed by atoms with E-state index in [2.05, 4.69) is 20.8 Å². The third-order valence-electron chi connectivity index (χ3n) is 15.6. The summed E-state index contributed by atoms with van der Waals surface area (Å²) in [6.07, 6.45) is -68.9. The zero-order valence-corrected chi connectivity index (χ0v) is 44.5. The molecule has 0 aliphatic carbocycles. The van der Waals surface area contributed by atoms with Crippen LogP contribution in [-0.2, 0) is 66.3 Å². The van der Waals surface area contributed by atoms with Gasteiger partial charge in [0, 0.05) is 0 Å². The highest BCUT2D eigenvalue weighted by Crippen LogP contribution is 2.39. The van der Waals surface area contributed by atoms with Crippen molar-refractivity contribution in [3.63, 3.8) is 0 Å². The summed E-state index contributed by atoms with van der Waals surface area (Å²) in [6, 6.07) is 0. The summed E-state index contributed by atoms with van der Waals surface area (Å²) >= 11 is 0. The highest BCUT2D eigenvalue weighted by atomic mass is 16.8. The molecule has 0 aromatic rings. The maximum atomic E-state index is 11.3. The quantitative estimate of drug-likeness (QED) is 0.107. The van der Waals surface area contributed by atoms with Gasteiger partial charge in [0.2, 0.25) is 0 Å². The normalized spacial score (nSPS) is 52.6. The molecule has 0 saturated carbocycles. The van der Waals surface area contributed by atoms with Gasteiger partial charge in [0.05, 0.1) is 46.2 Å². The molecule has 0 aromatic carbocycles. The van der Waals surface area contributed by atoms with Crippen LogP contribution in [0.5, 0.6) is 0 Å². The van der Waals surface area contributed by atoms with Gasteiger partial charge in [0.1, 0.15) is 171 Å². The topological polar surface area (TPSA) is 554 Å². The first kappa shape index (κ1) is 68.1. The molecule has 0 amide bonds. The van der Waals surface area contributed by atoms with E-state index in [9.17, 15) is 107 Å². The number of rotatable bonds is 8. The van der Waals surface area contributed by atoms with Gasteiger partial charge in [0.15, 0.2) is 44.0 Å². The van der Waals surface area contributed by atoms with Crippen molar-refractivity contribution < 1.29 is 174 Å². The highest BCUT2D eigenvalue weighted by molar-refractivity contribution is 5.01. The molecule has 35 atom stereocenters. The molecule has 14 bridgehead atoms. The second-order valence-corrected chi connectivity index (χ2v) is 21.5. The molecule has 21 heterocycles. The van der Waals surface area contributed by atoms with Crippen LogP contribution >= 0.6 is 0 Å². The van der Waals surface area contributed by atoms with E-state index in [4.69, 9.17) is 66.3 Å². The third kappa shape index (κ3) is 14.2. The molecular formula is C47H82O35. The van der Waals surface area contributed by atoms with Crippen molar-refractivity contribution in [3.05, 3.63) is 0 Å². The molecule has 0 spiro atoms. The minimum absolute atomic E-state index is 0.884. The van der Waals surface area contributed by atoms with Gasteiger partial charge in [-0.1, -0.05) is 27.2 Å². The van der Waals surface area contributed by atoms with Crippen LogP contribution in [0.3, 0.4) is 0 Å². The van der Waals surface area contributed by atoms with Crippen molar-refractivity contribution in [1.82, 2.24) is 0 Å². The van der Waals surface area contributed by atoms with Gasteiger partial charge in [-0.2, -0.15) is 0 Å². The van der Waals surface area contributed by atoms with E-state index in [1.54, 1.807) is 0 Å². The largest absolute Gasteiger partial charge is 0.394 e. The van der Waals surface area contributed by atoms with Crippen LogP contribution in [0, 0.1) is 5.92 Å². The molecule has 21 N–H and O–H groups in total. The van der Waals surface area contributed by atoms with Gasteiger partial charge in [-0.25, -0.2) is 0 Å². The maximum absolute atomic E-state index is 11.3. The Kier molecular flexibility index (Phi) is 24.7. The van der Waals surface area contributed by atoms with Crippen LogP contribution in [0.15, 0.2) is 0 Å². The lowest BCUT2D eigenvalue weighted by Gasteiger charge is -2.50. The number of hydrogen-bond donors (Lipinski definition) is 21. The predicted octanol–water partition coefficient (Wildman–Crippen LogP) is -13.2. The number of ether oxygens (including phenoxy) is 14. The van der Waals surface area contributed by atoms with E-state index in [1.807, 2.05) is 0 Å². The minimum atomic E-state index is -2.21. The fourth-order valence-electron chi connectivity index (χ4n) is 10.4. The molecule has 0 radical (unpaired) electrons. The molecular weight excluding hydrogens is 1120 g/mol. The first-order valence-electron chi connectivity index (χ1n) is 26.9. The number of aliphatic hydroxyl groups excluding tert-OH is 21. The van der Waals surface area contributed by atoms with Crippen molar-refractivity contribution in [2.45, 2.75) is 242 Å². The second kappa shape index (κ2) is 29.7. The molecule has 480 valence electrons. The Morgan fingerprint density at radius 1 is 0.220 bits per heavy atom. The van der Waals surface area contributed by atoms with Crippen molar-refractivity contribution in [1.29, 1.82) is 0 Å². The summed E-state index contributed by atoms with van der Waals surface area (Å²) in [5, 5.41) is 230. The van der Waals surface area contributed by atoms with Crippen LogP contribution in [0.2, 0.25) is 0 Å². The van der Waals surface area contributed by atoms with Gasteiger partial charge >= 0.3 is 0 Å². The van der Waals surface area contributed by atoms with Crippen LogP contribution < -0.4 is 0 Å². The predicted molar refractivity (Wildman–Crippen MR) is 254 cm³/mol. The van der Waals surface area contributed by atoms with E-state index in [0.29, 0.717) is 0 Å². The van der Waals surface area contributed by atoms with E-state index in [0.717, 1.165) is 5.92 Å². The lowest BCUT2D eigenvalue weighted by atomic mass is 9.95. The summed E-state index contributed by atoms with van der Waals surface area (Å²) < 4.78 is 79.5. The molecule has 0 unspecified atom stereocenters. The zero-order chi connectivity index (χ0) is 60.3. The highest BCUT2D eigenvalue weighted by Gasteiger charge is 2.59. The Morgan fingerprint density at radius 3 is 0.415 bits per heavy atom. The maximum Gasteiger partial charge on any atom is 0.187 e. The second-order valence-electron chi connectivity index (χ2n) is 21.5. The Balaban J connectivity index is 0.00000185. The van der Waals surface area contributed by atoms with Gasteiger partial charge < -0.3 is 174 Å². The van der Waals surface area contributed by atoms with Crippen LogP contribution in [0.25, 0.3) is 0 Å². The van der Waals surface area contributed by atoms with Gasteiger partial charge in [-0.05, 0) is 5.92 Å². The molecule has 21 aliphatic heterocycles. The number of hydrogen-bond acceptors (Lipinski definition) is 35. The molecule has 21 aliphatic rings. The zero-order valence-electron chi connectivity index (χ0n) is 44.5. The van der Waals surface area contributed by atoms with Crippen molar-refractivity contribution >= 4 is 0 Å². The van der Waals surface area contributed by atoms with Crippen molar-refractivity contribution in [2.75, 3.05) is 46.2 Å². The Labute approximate surface area is 467 Å². The van der Waals surface area contributed by atoms with Crippen LogP contribution in [-0.4, -0.2) is 368 Å². The van der Waals surface area contributed by atoms with Crippen LogP contribution in [0.1, 0.15) is 27.2 Å². The minimum Gasteiger partial charge on any atom is -0.394 e. The fraction of sp³-hybridized carbons (Fsp3) is 1.00. The van der Waals surface area contributed by atoms with Gasteiger partial charge in [0.25, 0.3) is 0 Å². The molecule has 35 heteroatoms. The first-order chi connectivity index (χ1) is 38.9. The van der Waals surface area contributed by atoms with E-state index >= 15 is 0 Å². The SMILES string of the molecule is CCC(C)C.OC[C@H]1O[C@@H]2O[C@H]3[C@H](O)[C@@H](O)[C@@H](O[C@H]4[C@H](O)[C@@H](O)[C@@H](O[C@H]5[C@H](O)[C@@H](O)[C@@H](O[C@H]6[C@H](O)[C@@H](O)[C@@H](O[C@H]7[C@H](O)[C@@H](O)[C@@H](O[C@H]8[C@H](O)[C@@H](O)[C@@H](O[C@H]1[C@H](O)[C@H]2O)O[C@@H]8CO)O[C@@H]7CO)O[C@@H]6CO)O[C@@H]5CO)O[C@@H]4CO)O[C@@H]3CO. The molecule has 35 nitrogen and oxygen atoms in total. The first-order valence-corrected chi connectivity index (χ1v) is 26.9. The van der Waals surface area contributed by atoms with E-state index < -0.39 is 261 Å².